The molecule has 1 aromatic carbocycles. The lowest BCUT2D eigenvalue weighted by molar-refractivity contribution is -0.140. The summed E-state index contributed by atoms with van der Waals surface area (Å²) in [5.41, 5.74) is 6.50. The first-order valence-corrected chi connectivity index (χ1v) is 5.64. The predicted molar refractivity (Wildman–Crippen MR) is 64.0 cm³/mol. The van der Waals surface area contributed by atoms with Gasteiger partial charge in [0, 0.05) is 22.5 Å². The number of hydrogen-bond acceptors (Lipinski definition) is 4. The molecule has 0 aliphatic rings. The lowest BCUT2D eigenvalue weighted by atomic mass is 10.0. The Hall–Kier alpha value is -1.07. The van der Waals surface area contributed by atoms with Crippen molar-refractivity contribution in [3.8, 4) is 5.75 Å². The van der Waals surface area contributed by atoms with Gasteiger partial charge in [0.25, 0.3) is 0 Å². The van der Waals surface area contributed by atoms with Gasteiger partial charge in [-0.25, -0.2) is 0 Å². The molecule has 1 unspecified atom stereocenters. The SMILES string of the molecule is COC(=O)CCC(N)c1ccc(Br)cc1O. The van der Waals surface area contributed by atoms with Crippen molar-refractivity contribution in [1.82, 2.24) is 0 Å². The van der Waals surface area contributed by atoms with Crippen LogP contribution >= 0.6 is 15.9 Å². The first-order valence-electron chi connectivity index (χ1n) is 4.85. The van der Waals surface area contributed by atoms with E-state index in [1.54, 1.807) is 18.2 Å². The first-order chi connectivity index (χ1) is 7.54. The third-order valence-corrected chi connectivity index (χ3v) is 2.77. The fourth-order valence-corrected chi connectivity index (χ4v) is 1.71. The Balaban J connectivity index is 2.65. The molecule has 0 aliphatic heterocycles. The second kappa shape index (κ2) is 5.86. The van der Waals surface area contributed by atoms with E-state index in [1.165, 1.54) is 7.11 Å². The molecule has 0 saturated heterocycles. The molecule has 0 radical (unpaired) electrons. The van der Waals surface area contributed by atoms with Gasteiger partial charge in [-0.05, 0) is 18.6 Å². The molecule has 0 saturated carbocycles. The standard InChI is InChI=1S/C11H14BrNO3/c1-16-11(15)5-4-9(13)8-3-2-7(12)6-10(8)14/h2-3,6,9,14H,4-5,13H2,1H3. The zero-order valence-electron chi connectivity index (χ0n) is 8.94. The minimum Gasteiger partial charge on any atom is -0.508 e. The average molecular weight is 288 g/mol. The van der Waals surface area contributed by atoms with Crippen molar-refractivity contribution < 1.29 is 14.6 Å². The molecule has 0 heterocycles. The van der Waals surface area contributed by atoms with E-state index in [-0.39, 0.29) is 24.2 Å². The highest BCUT2D eigenvalue weighted by molar-refractivity contribution is 9.10. The molecule has 0 bridgehead atoms. The lowest BCUT2D eigenvalue weighted by Crippen LogP contribution is -2.13. The van der Waals surface area contributed by atoms with Crippen molar-refractivity contribution in [2.75, 3.05) is 7.11 Å². The van der Waals surface area contributed by atoms with Crippen LogP contribution in [-0.4, -0.2) is 18.2 Å². The zero-order valence-corrected chi connectivity index (χ0v) is 10.5. The third kappa shape index (κ3) is 3.50. The maximum absolute atomic E-state index is 10.9. The molecule has 5 heteroatoms. The number of rotatable bonds is 4. The Morgan fingerprint density at radius 3 is 2.88 bits per heavy atom. The highest BCUT2D eigenvalue weighted by atomic mass is 79.9. The summed E-state index contributed by atoms with van der Waals surface area (Å²) in [6.07, 6.45) is 0.690. The Kier molecular flexibility index (Phi) is 4.76. The maximum Gasteiger partial charge on any atom is 0.305 e. The number of hydrogen-bond donors (Lipinski definition) is 2. The van der Waals surface area contributed by atoms with E-state index in [2.05, 4.69) is 20.7 Å². The second-order valence-corrected chi connectivity index (χ2v) is 4.34. The molecule has 3 N–H and O–H groups in total. The maximum atomic E-state index is 10.9. The average Bonchev–Trinajstić information content (AvgIpc) is 2.25. The van der Waals surface area contributed by atoms with Gasteiger partial charge in [0.2, 0.25) is 0 Å². The number of nitrogens with two attached hydrogens (primary N) is 1. The van der Waals surface area contributed by atoms with Crippen LogP contribution in [0.4, 0.5) is 0 Å². The van der Waals surface area contributed by atoms with Crippen LogP contribution in [-0.2, 0) is 9.53 Å². The number of esters is 1. The van der Waals surface area contributed by atoms with Crippen LogP contribution in [0.25, 0.3) is 0 Å². The molecular formula is C11H14BrNO3. The number of carbonyl (C=O) groups excluding carboxylic acids is 1. The molecule has 16 heavy (non-hydrogen) atoms. The summed E-state index contributed by atoms with van der Waals surface area (Å²) in [7, 11) is 1.34. The minimum absolute atomic E-state index is 0.131. The largest absolute Gasteiger partial charge is 0.508 e. The van der Waals surface area contributed by atoms with Crippen molar-refractivity contribution in [2.45, 2.75) is 18.9 Å². The van der Waals surface area contributed by atoms with E-state index >= 15 is 0 Å². The summed E-state index contributed by atoms with van der Waals surface area (Å²) in [5, 5.41) is 9.66. The van der Waals surface area contributed by atoms with Gasteiger partial charge >= 0.3 is 5.97 Å². The number of phenols is 1. The molecule has 88 valence electrons. The summed E-state index contributed by atoms with van der Waals surface area (Å²) >= 11 is 3.24. The van der Waals surface area contributed by atoms with E-state index in [1.807, 2.05) is 0 Å². The van der Waals surface area contributed by atoms with E-state index in [4.69, 9.17) is 5.73 Å². The molecule has 0 amide bonds. The smallest absolute Gasteiger partial charge is 0.305 e. The van der Waals surface area contributed by atoms with Gasteiger partial charge in [0.1, 0.15) is 5.75 Å². The second-order valence-electron chi connectivity index (χ2n) is 3.42. The summed E-state index contributed by atoms with van der Waals surface area (Å²) in [5.74, 6) is -0.168. The summed E-state index contributed by atoms with van der Waals surface area (Å²) in [4.78, 5) is 10.9. The topological polar surface area (TPSA) is 72.5 Å². The van der Waals surface area contributed by atoms with Crippen LogP contribution in [0.15, 0.2) is 22.7 Å². The quantitative estimate of drug-likeness (QED) is 0.832. The van der Waals surface area contributed by atoms with Gasteiger partial charge in [-0.15, -0.1) is 0 Å². The summed E-state index contributed by atoms with van der Waals surface area (Å²) < 4.78 is 5.31. The van der Waals surface area contributed by atoms with E-state index in [9.17, 15) is 9.90 Å². The fraction of sp³-hybridized carbons (Fsp3) is 0.364. The van der Waals surface area contributed by atoms with Crippen molar-refractivity contribution >= 4 is 21.9 Å². The van der Waals surface area contributed by atoms with Gasteiger partial charge in [0.15, 0.2) is 0 Å². The van der Waals surface area contributed by atoms with Crippen molar-refractivity contribution in [1.29, 1.82) is 0 Å². The Bertz CT molecular complexity index is 381. The van der Waals surface area contributed by atoms with Crippen LogP contribution in [0.3, 0.4) is 0 Å². The van der Waals surface area contributed by atoms with Crippen LogP contribution in [0.1, 0.15) is 24.4 Å². The molecule has 0 spiro atoms. The van der Waals surface area contributed by atoms with Crippen molar-refractivity contribution in [2.24, 2.45) is 5.73 Å². The Morgan fingerprint density at radius 1 is 1.62 bits per heavy atom. The molecule has 4 nitrogen and oxygen atoms in total. The molecule has 1 aromatic rings. The van der Waals surface area contributed by atoms with Crippen molar-refractivity contribution in [3.05, 3.63) is 28.2 Å². The van der Waals surface area contributed by atoms with Gasteiger partial charge in [0.05, 0.1) is 7.11 Å². The number of benzene rings is 1. The lowest BCUT2D eigenvalue weighted by Gasteiger charge is -2.13. The first kappa shape index (κ1) is 13.0. The molecule has 1 atom stereocenters. The van der Waals surface area contributed by atoms with Gasteiger partial charge < -0.3 is 15.6 Å². The van der Waals surface area contributed by atoms with E-state index in [0.29, 0.717) is 12.0 Å². The van der Waals surface area contributed by atoms with Crippen LogP contribution < -0.4 is 5.73 Å². The van der Waals surface area contributed by atoms with Gasteiger partial charge in [-0.2, -0.15) is 0 Å². The minimum atomic E-state index is -0.368. The highest BCUT2D eigenvalue weighted by Crippen LogP contribution is 2.28. The van der Waals surface area contributed by atoms with E-state index < -0.39 is 0 Å². The normalized spacial score (nSPS) is 12.2. The fourth-order valence-electron chi connectivity index (χ4n) is 1.36. The highest BCUT2D eigenvalue weighted by Gasteiger charge is 2.13. The predicted octanol–water partition coefficient (Wildman–Crippen LogP) is 2.11. The number of methoxy groups -OCH3 is 1. The monoisotopic (exact) mass is 287 g/mol. The zero-order chi connectivity index (χ0) is 12.1. The molecular weight excluding hydrogens is 274 g/mol. The molecule has 0 aliphatic carbocycles. The van der Waals surface area contributed by atoms with Crippen LogP contribution in [0.2, 0.25) is 0 Å². The van der Waals surface area contributed by atoms with Crippen molar-refractivity contribution in [3.63, 3.8) is 0 Å². The number of ether oxygens (including phenoxy) is 1. The van der Waals surface area contributed by atoms with Gasteiger partial charge in [-0.1, -0.05) is 22.0 Å². The van der Waals surface area contributed by atoms with E-state index in [0.717, 1.165) is 4.47 Å². The van der Waals surface area contributed by atoms with Gasteiger partial charge in [-0.3, -0.25) is 4.79 Å². The third-order valence-electron chi connectivity index (χ3n) is 2.28. The van der Waals surface area contributed by atoms with Crippen LogP contribution in [0.5, 0.6) is 5.75 Å². The Labute approximate surface area is 103 Å². The molecule has 0 aromatic heterocycles. The number of phenolic OH excluding ortho intramolecular Hbond substituents is 1. The number of halogens is 1. The van der Waals surface area contributed by atoms with Crippen LogP contribution in [0, 0.1) is 0 Å². The number of carbonyl (C=O) groups is 1. The molecule has 0 fully saturated rings. The Morgan fingerprint density at radius 2 is 2.31 bits per heavy atom. The summed E-state index contributed by atoms with van der Waals surface area (Å²) in [6.45, 7) is 0. The summed E-state index contributed by atoms with van der Waals surface area (Å²) in [6, 6.07) is 4.74. The molecule has 1 rings (SSSR count). The number of aromatic hydroxyl groups is 1.